The van der Waals surface area contributed by atoms with Gasteiger partial charge in [0, 0.05) is 7.05 Å². The van der Waals surface area contributed by atoms with Crippen molar-refractivity contribution in [2.75, 3.05) is 7.05 Å². The van der Waals surface area contributed by atoms with Crippen LogP contribution in [0.3, 0.4) is 0 Å². The van der Waals surface area contributed by atoms with Crippen LogP contribution in [-0.4, -0.2) is 23.6 Å². The number of nitrogens with zero attached hydrogens (tertiary/aromatic N) is 1. The Bertz CT molecular complexity index is 489. The third-order valence-electron chi connectivity index (χ3n) is 2.98. The van der Waals surface area contributed by atoms with Gasteiger partial charge in [0.15, 0.2) is 0 Å². The average molecular weight is 303 g/mol. The largest absolute Gasteiger partial charge is 0.444 e. The molecule has 1 rings (SSSR count). The molecule has 0 aliphatic carbocycles. The lowest BCUT2D eigenvalue weighted by atomic mass is 10.1. The first-order valence-electron chi connectivity index (χ1n) is 6.55. The second-order valence-corrected chi connectivity index (χ2v) is 5.89. The zero-order chi connectivity index (χ0) is 16.4. The number of ether oxygens (including phenoxy) is 1. The van der Waals surface area contributed by atoms with E-state index in [0.29, 0.717) is 5.56 Å². The van der Waals surface area contributed by atoms with Crippen LogP contribution >= 0.6 is 0 Å². The second-order valence-electron chi connectivity index (χ2n) is 5.89. The van der Waals surface area contributed by atoms with Crippen molar-refractivity contribution in [3.63, 3.8) is 0 Å². The molecule has 0 N–H and O–H groups in total. The fourth-order valence-corrected chi connectivity index (χ4v) is 1.67. The summed E-state index contributed by atoms with van der Waals surface area (Å²) in [6.45, 7) is 6.98. The molecular formula is C15H20F3NO2. The Morgan fingerprint density at radius 3 is 2.00 bits per heavy atom. The number of halogens is 3. The van der Waals surface area contributed by atoms with E-state index < -0.39 is 23.4 Å². The lowest BCUT2D eigenvalue weighted by Gasteiger charge is -2.29. The Morgan fingerprint density at radius 1 is 1.14 bits per heavy atom. The first kappa shape index (κ1) is 17.3. The summed E-state index contributed by atoms with van der Waals surface area (Å²) in [5, 5.41) is 0. The van der Waals surface area contributed by atoms with Gasteiger partial charge in [0.25, 0.3) is 0 Å². The highest BCUT2D eigenvalue weighted by atomic mass is 19.4. The van der Waals surface area contributed by atoms with Gasteiger partial charge in [-0.1, -0.05) is 12.1 Å². The Labute approximate surface area is 122 Å². The van der Waals surface area contributed by atoms with Crippen molar-refractivity contribution in [2.24, 2.45) is 0 Å². The van der Waals surface area contributed by atoms with Gasteiger partial charge >= 0.3 is 12.3 Å². The van der Waals surface area contributed by atoms with E-state index in [0.717, 1.165) is 12.1 Å². The number of amides is 1. The summed E-state index contributed by atoms with van der Waals surface area (Å²) in [6.07, 6.45) is -4.88. The lowest BCUT2D eigenvalue weighted by Crippen LogP contribution is -2.35. The summed E-state index contributed by atoms with van der Waals surface area (Å²) >= 11 is 0. The first-order chi connectivity index (χ1) is 9.42. The molecule has 3 nitrogen and oxygen atoms in total. The van der Waals surface area contributed by atoms with Crippen molar-refractivity contribution in [1.29, 1.82) is 0 Å². The fraction of sp³-hybridized carbons (Fsp3) is 0.533. The van der Waals surface area contributed by atoms with Crippen molar-refractivity contribution in [1.82, 2.24) is 4.90 Å². The van der Waals surface area contributed by atoms with Crippen molar-refractivity contribution < 1.29 is 22.7 Å². The van der Waals surface area contributed by atoms with Gasteiger partial charge < -0.3 is 9.64 Å². The molecule has 1 aromatic rings. The predicted molar refractivity (Wildman–Crippen MR) is 73.9 cm³/mol. The molecule has 1 amide bonds. The molecule has 0 radical (unpaired) electrons. The number of carbonyl (C=O) groups excluding carboxylic acids is 1. The molecule has 0 aliphatic heterocycles. The summed E-state index contributed by atoms with van der Waals surface area (Å²) in [5.74, 6) is 0. The van der Waals surface area contributed by atoms with Crippen molar-refractivity contribution in [3.05, 3.63) is 35.4 Å². The zero-order valence-electron chi connectivity index (χ0n) is 12.8. The van der Waals surface area contributed by atoms with Gasteiger partial charge in [0.05, 0.1) is 11.6 Å². The monoisotopic (exact) mass is 303 g/mol. The SMILES string of the molecule is CC(c1ccc(C(F)(F)F)cc1)N(C)C(=O)OC(C)(C)C. The van der Waals surface area contributed by atoms with Crippen LogP contribution in [0.2, 0.25) is 0 Å². The summed E-state index contributed by atoms with van der Waals surface area (Å²) in [6, 6.07) is 4.37. The number of carbonyl (C=O) groups is 1. The number of rotatable bonds is 2. The van der Waals surface area contributed by atoms with Crippen LogP contribution in [-0.2, 0) is 10.9 Å². The Kier molecular flexibility index (Phi) is 4.91. The zero-order valence-corrected chi connectivity index (χ0v) is 12.8. The van der Waals surface area contributed by atoms with E-state index in [4.69, 9.17) is 4.74 Å². The predicted octanol–water partition coefficient (Wildman–Crippen LogP) is 4.63. The number of alkyl halides is 3. The normalized spacial score (nSPS) is 13.7. The third kappa shape index (κ3) is 4.95. The van der Waals surface area contributed by atoms with Crippen molar-refractivity contribution in [3.8, 4) is 0 Å². The molecule has 0 heterocycles. The Morgan fingerprint density at radius 2 is 1.62 bits per heavy atom. The Hall–Kier alpha value is -1.72. The molecule has 0 aliphatic rings. The highest BCUT2D eigenvalue weighted by molar-refractivity contribution is 5.68. The molecule has 118 valence electrons. The highest BCUT2D eigenvalue weighted by Gasteiger charge is 2.30. The minimum absolute atomic E-state index is 0.387. The molecular weight excluding hydrogens is 283 g/mol. The van der Waals surface area contributed by atoms with Gasteiger partial charge in [0.2, 0.25) is 0 Å². The molecule has 21 heavy (non-hydrogen) atoms. The molecule has 0 saturated carbocycles. The van der Waals surface area contributed by atoms with Crippen LogP contribution in [0, 0.1) is 0 Å². The van der Waals surface area contributed by atoms with E-state index in [9.17, 15) is 18.0 Å². The van der Waals surface area contributed by atoms with E-state index in [1.807, 2.05) is 0 Å². The van der Waals surface area contributed by atoms with Crippen LogP contribution in [0.25, 0.3) is 0 Å². The molecule has 0 saturated heterocycles. The van der Waals surface area contributed by atoms with E-state index in [1.54, 1.807) is 34.7 Å². The van der Waals surface area contributed by atoms with Gasteiger partial charge in [0.1, 0.15) is 5.60 Å². The maximum Gasteiger partial charge on any atom is 0.416 e. The summed E-state index contributed by atoms with van der Waals surface area (Å²) < 4.78 is 42.8. The minimum atomic E-state index is -4.36. The van der Waals surface area contributed by atoms with Gasteiger partial charge in [-0.3, -0.25) is 0 Å². The molecule has 0 fully saturated rings. The molecule has 1 aromatic carbocycles. The lowest BCUT2D eigenvalue weighted by molar-refractivity contribution is -0.137. The van der Waals surface area contributed by atoms with Gasteiger partial charge in [-0.15, -0.1) is 0 Å². The Balaban J connectivity index is 2.83. The van der Waals surface area contributed by atoms with Crippen LogP contribution in [0.1, 0.15) is 44.9 Å². The van der Waals surface area contributed by atoms with Gasteiger partial charge in [-0.05, 0) is 45.4 Å². The quantitative estimate of drug-likeness (QED) is 0.797. The molecule has 6 heteroatoms. The minimum Gasteiger partial charge on any atom is -0.444 e. The topological polar surface area (TPSA) is 29.5 Å². The van der Waals surface area contributed by atoms with E-state index >= 15 is 0 Å². The fourth-order valence-electron chi connectivity index (χ4n) is 1.67. The van der Waals surface area contributed by atoms with Gasteiger partial charge in [-0.25, -0.2) is 4.79 Å². The van der Waals surface area contributed by atoms with Crippen LogP contribution in [0.15, 0.2) is 24.3 Å². The summed E-state index contributed by atoms with van der Waals surface area (Å²) in [7, 11) is 1.55. The average Bonchev–Trinajstić information content (AvgIpc) is 2.34. The van der Waals surface area contributed by atoms with Crippen LogP contribution < -0.4 is 0 Å². The highest BCUT2D eigenvalue weighted by Crippen LogP contribution is 2.30. The van der Waals surface area contributed by atoms with E-state index in [2.05, 4.69) is 0 Å². The van der Waals surface area contributed by atoms with Crippen molar-refractivity contribution >= 4 is 6.09 Å². The molecule has 0 aromatic heterocycles. The molecule has 0 spiro atoms. The van der Waals surface area contributed by atoms with Crippen LogP contribution in [0.4, 0.5) is 18.0 Å². The summed E-state index contributed by atoms with van der Waals surface area (Å²) in [4.78, 5) is 13.3. The number of hydrogen-bond acceptors (Lipinski definition) is 2. The van der Waals surface area contributed by atoms with Crippen molar-refractivity contribution in [2.45, 2.75) is 45.5 Å². The summed E-state index contributed by atoms with van der Waals surface area (Å²) in [5.41, 5.74) is -0.722. The number of hydrogen-bond donors (Lipinski definition) is 0. The third-order valence-corrected chi connectivity index (χ3v) is 2.98. The first-order valence-corrected chi connectivity index (χ1v) is 6.55. The van der Waals surface area contributed by atoms with Gasteiger partial charge in [-0.2, -0.15) is 13.2 Å². The van der Waals surface area contributed by atoms with Crippen LogP contribution in [0.5, 0.6) is 0 Å². The van der Waals surface area contributed by atoms with E-state index in [1.165, 1.54) is 17.0 Å². The van der Waals surface area contributed by atoms with E-state index in [-0.39, 0.29) is 6.04 Å². The maximum atomic E-state index is 12.5. The number of benzene rings is 1. The maximum absolute atomic E-state index is 12.5. The molecule has 1 atom stereocenters. The molecule has 0 bridgehead atoms. The molecule has 1 unspecified atom stereocenters. The smallest absolute Gasteiger partial charge is 0.416 e. The standard InChI is InChI=1S/C15H20F3NO2/c1-10(19(5)13(20)21-14(2,3)4)11-6-8-12(9-7-11)15(16,17)18/h6-10H,1-5H3. The second kappa shape index (κ2) is 5.95.